The van der Waals surface area contributed by atoms with E-state index in [1.807, 2.05) is 0 Å². The van der Waals surface area contributed by atoms with Crippen LogP contribution in [0.1, 0.15) is 33.6 Å². The second-order valence-corrected chi connectivity index (χ2v) is 7.75. The molecule has 0 aromatic carbocycles. The van der Waals surface area contributed by atoms with Crippen molar-refractivity contribution in [3.8, 4) is 0 Å². The molecule has 0 radical (unpaired) electrons. The fraction of sp³-hybridized carbons (Fsp3) is 0.917. The number of sulfone groups is 1. The Morgan fingerprint density at radius 2 is 1.83 bits per heavy atom. The van der Waals surface area contributed by atoms with Gasteiger partial charge in [-0.2, -0.15) is 0 Å². The van der Waals surface area contributed by atoms with Crippen LogP contribution >= 0.6 is 0 Å². The predicted molar refractivity (Wildman–Crippen MR) is 71.9 cm³/mol. The summed E-state index contributed by atoms with van der Waals surface area (Å²) in [4.78, 5) is 14.1. The monoisotopic (exact) mass is 276 g/mol. The first-order valence-electron chi connectivity index (χ1n) is 6.39. The van der Waals surface area contributed by atoms with Gasteiger partial charge < -0.3 is 10.6 Å². The topological polar surface area (TPSA) is 80.5 Å². The van der Waals surface area contributed by atoms with E-state index in [0.29, 0.717) is 0 Å². The van der Waals surface area contributed by atoms with Gasteiger partial charge in [0, 0.05) is 24.4 Å². The Morgan fingerprint density at radius 1 is 1.33 bits per heavy atom. The molecule has 3 atom stereocenters. The van der Waals surface area contributed by atoms with E-state index in [1.165, 1.54) is 6.26 Å². The number of nitrogens with two attached hydrogens (primary N) is 1. The molecule has 106 valence electrons. The quantitative estimate of drug-likeness (QED) is 0.761. The Hall–Kier alpha value is -0.620. The van der Waals surface area contributed by atoms with Crippen LogP contribution in [0.15, 0.2) is 0 Å². The van der Waals surface area contributed by atoms with E-state index in [9.17, 15) is 13.2 Å². The zero-order chi connectivity index (χ0) is 14.1. The van der Waals surface area contributed by atoms with Crippen molar-refractivity contribution in [3.63, 3.8) is 0 Å². The molecule has 3 unspecified atom stereocenters. The highest BCUT2D eigenvalue weighted by Gasteiger charge is 2.38. The van der Waals surface area contributed by atoms with Gasteiger partial charge in [-0.05, 0) is 26.7 Å². The minimum atomic E-state index is -3.08. The van der Waals surface area contributed by atoms with Gasteiger partial charge in [0.1, 0.15) is 9.84 Å². The van der Waals surface area contributed by atoms with Gasteiger partial charge in [0.25, 0.3) is 0 Å². The highest BCUT2D eigenvalue weighted by molar-refractivity contribution is 7.90. The molecule has 1 saturated carbocycles. The minimum absolute atomic E-state index is 0.0148. The molecule has 1 aliphatic rings. The number of hydrogen-bond donors (Lipinski definition) is 1. The van der Waals surface area contributed by atoms with E-state index in [2.05, 4.69) is 0 Å². The molecule has 0 aromatic heterocycles. The number of carbonyl (C=O) groups is 1. The van der Waals surface area contributed by atoms with Gasteiger partial charge in [-0.3, -0.25) is 4.79 Å². The molecule has 1 fully saturated rings. The number of carbonyl (C=O) groups excluding carboxylic acids is 1. The molecular formula is C12H24N2O3S. The van der Waals surface area contributed by atoms with Crippen molar-refractivity contribution in [3.05, 3.63) is 0 Å². The Kier molecular flexibility index (Phi) is 4.78. The average Bonchev–Trinajstić information content (AvgIpc) is 2.97. The summed E-state index contributed by atoms with van der Waals surface area (Å²) < 4.78 is 22.7. The lowest BCUT2D eigenvalue weighted by atomic mass is 10.0. The van der Waals surface area contributed by atoms with Crippen LogP contribution in [0, 0.1) is 5.92 Å². The number of rotatable bonds is 6. The zero-order valence-corrected chi connectivity index (χ0v) is 12.4. The molecule has 5 nitrogen and oxygen atoms in total. The average molecular weight is 276 g/mol. The van der Waals surface area contributed by atoms with E-state index in [-0.39, 0.29) is 35.7 Å². The van der Waals surface area contributed by atoms with Crippen LogP contribution in [0.2, 0.25) is 0 Å². The van der Waals surface area contributed by atoms with E-state index in [0.717, 1.165) is 12.8 Å². The van der Waals surface area contributed by atoms with Crippen molar-refractivity contribution in [2.75, 3.05) is 12.0 Å². The highest BCUT2D eigenvalue weighted by atomic mass is 32.2. The maximum absolute atomic E-state index is 12.3. The summed E-state index contributed by atoms with van der Waals surface area (Å²) in [6, 6.07) is -0.291. The maximum atomic E-state index is 12.3. The molecule has 1 aliphatic carbocycles. The predicted octanol–water partition coefficient (Wildman–Crippen LogP) is 0.394. The van der Waals surface area contributed by atoms with Crippen LogP contribution in [0.5, 0.6) is 0 Å². The molecule has 2 N–H and O–H groups in total. The van der Waals surface area contributed by atoms with Crippen molar-refractivity contribution < 1.29 is 13.2 Å². The van der Waals surface area contributed by atoms with Crippen molar-refractivity contribution in [2.45, 2.75) is 51.7 Å². The summed E-state index contributed by atoms with van der Waals surface area (Å²) in [6.45, 7) is 5.40. The second kappa shape index (κ2) is 5.57. The first-order chi connectivity index (χ1) is 8.13. The molecule has 0 spiro atoms. The minimum Gasteiger partial charge on any atom is -0.336 e. The second-order valence-electron chi connectivity index (χ2n) is 5.57. The lowest BCUT2D eigenvalue weighted by Crippen LogP contribution is -2.49. The maximum Gasteiger partial charge on any atom is 0.227 e. The molecule has 0 bridgehead atoms. The number of hydrogen-bond acceptors (Lipinski definition) is 4. The molecule has 6 heteroatoms. The number of amides is 1. The van der Waals surface area contributed by atoms with Crippen LogP contribution in [-0.4, -0.2) is 49.4 Å². The lowest BCUT2D eigenvalue weighted by Gasteiger charge is -2.32. The molecule has 0 aliphatic heterocycles. The van der Waals surface area contributed by atoms with Crippen molar-refractivity contribution in [1.29, 1.82) is 0 Å². The Balaban J connectivity index is 2.79. The first-order valence-corrected chi connectivity index (χ1v) is 8.45. The molecule has 0 aromatic rings. The summed E-state index contributed by atoms with van der Waals surface area (Å²) in [5.41, 5.74) is 5.76. The first kappa shape index (κ1) is 15.4. The third-order valence-electron chi connectivity index (χ3n) is 3.39. The third-order valence-corrected chi connectivity index (χ3v) is 4.48. The summed E-state index contributed by atoms with van der Waals surface area (Å²) in [5, 5.41) is 0. The number of nitrogens with zero attached hydrogens (tertiary/aromatic N) is 1. The molecular weight excluding hydrogens is 252 g/mol. The van der Waals surface area contributed by atoms with Gasteiger partial charge in [-0.25, -0.2) is 8.42 Å². The van der Waals surface area contributed by atoms with Gasteiger partial charge in [0.15, 0.2) is 0 Å². The van der Waals surface area contributed by atoms with Crippen LogP contribution in [0.4, 0.5) is 0 Å². The van der Waals surface area contributed by atoms with Crippen LogP contribution in [0.3, 0.4) is 0 Å². The molecule has 1 rings (SSSR count). The molecule has 1 amide bonds. The Bertz CT molecular complexity index is 402. The smallest absolute Gasteiger partial charge is 0.227 e. The summed E-state index contributed by atoms with van der Waals surface area (Å²) >= 11 is 0. The summed E-state index contributed by atoms with van der Waals surface area (Å²) in [5.74, 6) is -0.280. The van der Waals surface area contributed by atoms with E-state index in [4.69, 9.17) is 5.73 Å². The normalized spacial score (nSPS) is 21.2. The fourth-order valence-electron chi connectivity index (χ4n) is 2.09. The highest BCUT2D eigenvalue weighted by Crippen LogP contribution is 2.30. The summed E-state index contributed by atoms with van der Waals surface area (Å²) in [6.07, 6.45) is 3.13. The third kappa shape index (κ3) is 4.24. The summed E-state index contributed by atoms with van der Waals surface area (Å²) in [7, 11) is -3.08. The fourth-order valence-corrected chi connectivity index (χ4v) is 3.13. The van der Waals surface area contributed by atoms with Crippen molar-refractivity contribution in [2.24, 2.45) is 11.7 Å². The zero-order valence-electron chi connectivity index (χ0n) is 11.6. The van der Waals surface area contributed by atoms with Gasteiger partial charge in [0.05, 0.1) is 11.7 Å². The Morgan fingerprint density at radius 3 is 2.17 bits per heavy atom. The van der Waals surface area contributed by atoms with Crippen molar-refractivity contribution in [1.82, 2.24) is 4.90 Å². The SMILES string of the molecule is CC(N)C(C)C(=O)N(C(C)CS(C)(=O)=O)C1CC1. The van der Waals surface area contributed by atoms with E-state index < -0.39 is 9.84 Å². The lowest BCUT2D eigenvalue weighted by molar-refractivity contribution is -0.137. The largest absolute Gasteiger partial charge is 0.336 e. The molecule has 0 heterocycles. The van der Waals surface area contributed by atoms with Gasteiger partial charge >= 0.3 is 0 Å². The standard InChI is InChI=1S/C12H24N2O3S/c1-8(7-18(4,16)17)14(11-5-6-11)12(15)9(2)10(3)13/h8-11H,5-7,13H2,1-4H3. The molecule has 0 saturated heterocycles. The Labute approximate surface area is 110 Å². The van der Waals surface area contributed by atoms with Crippen LogP contribution < -0.4 is 5.73 Å². The van der Waals surface area contributed by atoms with Gasteiger partial charge in [-0.1, -0.05) is 6.92 Å². The van der Waals surface area contributed by atoms with Crippen LogP contribution in [-0.2, 0) is 14.6 Å². The van der Waals surface area contributed by atoms with E-state index in [1.54, 1.807) is 25.7 Å². The van der Waals surface area contributed by atoms with E-state index >= 15 is 0 Å². The van der Waals surface area contributed by atoms with Gasteiger partial charge in [0.2, 0.25) is 5.91 Å². The molecule has 18 heavy (non-hydrogen) atoms. The van der Waals surface area contributed by atoms with Crippen molar-refractivity contribution >= 4 is 15.7 Å². The van der Waals surface area contributed by atoms with Gasteiger partial charge in [-0.15, -0.1) is 0 Å². The van der Waals surface area contributed by atoms with Crippen LogP contribution in [0.25, 0.3) is 0 Å².